The van der Waals surface area contributed by atoms with E-state index in [-0.39, 0.29) is 5.57 Å². The van der Waals surface area contributed by atoms with Crippen LogP contribution >= 0.6 is 0 Å². The zero-order chi connectivity index (χ0) is 9.72. The first-order chi connectivity index (χ1) is 5.54. The smallest absolute Gasteiger partial charge is 0.350 e. The van der Waals surface area contributed by atoms with Crippen LogP contribution in [0.2, 0.25) is 0 Å². The van der Waals surface area contributed by atoms with E-state index in [0.29, 0.717) is 5.70 Å². The van der Waals surface area contributed by atoms with E-state index in [0.717, 1.165) is 0 Å². The molecule has 0 aromatic carbocycles. The predicted octanol–water partition coefficient (Wildman–Crippen LogP) is 0.519. The van der Waals surface area contributed by atoms with Gasteiger partial charge in [0.05, 0.1) is 7.11 Å². The highest BCUT2D eigenvalue weighted by atomic mass is 16.5. The molecule has 0 rings (SSSR count). The van der Waals surface area contributed by atoms with Gasteiger partial charge in [0.25, 0.3) is 0 Å². The molecule has 0 aliphatic rings. The summed E-state index contributed by atoms with van der Waals surface area (Å²) in [5.74, 6) is -0.594. The van der Waals surface area contributed by atoms with Gasteiger partial charge < -0.3 is 9.64 Å². The van der Waals surface area contributed by atoms with Crippen LogP contribution in [0.4, 0.5) is 0 Å². The van der Waals surface area contributed by atoms with Crippen molar-refractivity contribution in [2.75, 3.05) is 21.2 Å². The molecule has 0 heterocycles. The molecular formula is C8H12N2O2. The summed E-state index contributed by atoms with van der Waals surface area (Å²) >= 11 is 0. The standard InChI is InChI=1S/C8H12N2O2/c1-6(10(2)3)7(5-9)8(11)12-4/h1-4H3/b7-6-. The van der Waals surface area contributed by atoms with Crippen LogP contribution < -0.4 is 0 Å². The van der Waals surface area contributed by atoms with E-state index in [9.17, 15) is 4.79 Å². The Labute approximate surface area is 72.0 Å². The molecule has 0 saturated heterocycles. The second-order valence-corrected chi connectivity index (χ2v) is 2.46. The molecule has 0 saturated carbocycles. The van der Waals surface area contributed by atoms with Crippen LogP contribution in [0.1, 0.15) is 6.92 Å². The van der Waals surface area contributed by atoms with E-state index in [2.05, 4.69) is 4.74 Å². The number of carbonyl (C=O) groups excluding carboxylic acids is 1. The number of nitrogens with zero attached hydrogens (tertiary/aromatic N) is 2. The van der Waals surface area contributed by atoms with Crippen molar-refractivity contribution in [1.82, 2.24) is 4.90 Å². The van der Waals surface area contributed by atoms with E-state index < -0.39 is 5.97 Å². The molecule has 0 amide bonds. The molecule has 0 fully saturated rings. The second-order valence-electron chi connectivity index (χ2n) is 2.46. The first-order valence-corrected chi connectivity index (χ1v) is 3.41. The number of methoxy groups -OCH3 is 1. The molecule has 0 aliphatic carbocycles. The predicted molar refractivity (Wildman–Crippen MR) is 44.0 cm³/mol. The number of nitriles is 1. The number of rotatable bonds is 2. The minimum atomic E-state index is -0.594. The van der Waals surface area contributed by atoms with Gasteiger partial charge in [-0.2, -0.15) is 5.26 Å². The Hall–Kier alpha value is -1.50. The SMILES string of the molecule is COC(=O)/C(C#N)=C(/C)N(C)C. The maximum atomic E-state index is 11.0. The number of esters is 1. The summed E-state index contributed by atoms with van der Waals surface area (Å²) in [7, 11) is 4.77. The molecular weight excluding hydrogens is 156 g/mol. The Balaban J connectivity index is 4.90. The molecule has 0 spiro atoms. The fraction of sp³-hybridized carbons (Fsp3) is 0.500. The summed E-state index contributed by atoms with van der Waals surface area (Å²) < 4.78 is 4.43. The first-order valence-electron chi connectivity index (χ1n) is 3.41. The lowest BCUT2D eigenvalue weighted by molar-refractivity contribution is -0.135. The third-order valence-corrected chi connectivity index (χ3v) is 1.53. The molecule has 12 heavy (non-hydrogen) atoms. The molecule has 0 aliphatic heterocycles. The average Bonchev–Trinajstić information content (AvgIpc) is 2.05. The highest BCUT2D eigenvalue weighted by Gasteiger charge is 2.13. The Morgan fingerprint density at radius 1 is 1.50 bits per heavy atom. The Morgan fingerprint density at radius 3 is 2.25 bits per heavy atom. The van der Waals surface area contributed by atoms with Gasteiger partial charge in [0.1, 0.15) is 6.07 Å². The molecule has 4 nitrogen and oxygen atoms in total. The number of ether oxygens (including phenoxy) is 1. The lowest BCUT2D eigenvalue weighted by atomic mass is 10.2. The third kappa shape index (κ3) is 2.27. The highest BCUT2D eigenvalue weighted by Crippen LogP contribution is 2.06. The molecule has 0 N–H and O–H groups in total. The Kier molecular flexibility index (Phi) is 3.84. The largest absolute Gasteiger partial charge is 0.465 e. The maximum Gasteiger partial charge on any atom is 0.350 e. The van der Waals surface area contributed by atoms with Crippen LogP contribution in [0.25, 0.3) is 0 Å². The second kappa shape index (κ2) is 4.39. The molecule has 66 valence electrons. The Morgan fingerprint density at radius 2 is 2.00 bits per heavy atom. The van der Waals surface area contributed by atoms with E-state index in [1.54, 1.807) is 32.0 Å². The molecule has 0 aromatic heterocycles. The van der Waals surface area contributed by atoms with E-state index >= 15 is 0 Å². The summed E-state index contributed by atoms with van der Waals surface area (Å²) in [6, 6.07) is 1.80. The summed E-state index contributed by atoms with van der Waals surface area (Å²) in [5, 5.41) is 8.61. The van der Waals surface area contributed by atoms with Crippen LogP contribution in [-0.4, -0.2) is 32.1 Å². The molecule has 0 bridgehead atoms. The maximum absolute atomic E-state index is 11.0. The highest BCUT2D eigenvalue weighted by molar-refractivity contribution is 5.93. The molecule has 0 atom stereocenters. The van der Waals surface area contributed by atoms with Crippen LogP contribution in [0, 0.1) is 11.3 Å². The van der Waals surface area contributed by atoms with Crippen LogP contribution in [0.15, 0.2) is 11.3 Å². The van der Waals surface area contributed by atoms with Crippen molar-refractivity contribution >= 4 is 5.97 Å². The normalized spacial score (nSPS) is 11.2. The first kappa shape index (κ1) is 10.5. The monoisotopic (exact) mass is 168 g/mol. The zero-order valence-electron chi connectivity index (χ0n) is 7.71. The molecule has 4 heteroatoms. The number of allylic oxidation sites excluding steroid dienone is 1. The minimum Gasteiger partial charge on any atom is -0.465 e. The van der Waals surface area contributed by atoms with Gasteiger partial charge in [-0.25, -0.2) is 4.79 Å². The van der Waals surface area contributed by atoms with Crippen molar-refractivity contribution in [2.24, 2.45) is 0 Å². The lowest BCUT2D eigenvalue weighted by Gasteiger charge is -2.13. The van der Waals surface area contributed by atoms with Gasteiger partial charge in [-0.05, 0) is 6.92 Å². The van der Waals surface area contributed by atoms with Crippen LogP contribution in [-0.2, 0) is 9.53 Å². The summed E-state index contributed by atoms with van der Waals surface area (Å²) in [6.07, 6.45) is 0. The topological polar surface area (TPSA) is 53.3 Å². The van der Waals surface area contributed by atoms with Crippen LogP contribution in [0.5, 0.6) is 0 Å². The van der Waals surface area contributed by atoms with E-state index in [4.69, 9.17) is 5.26 Å². The van der Waals surface area contributed by atoms with Crippen molar-refractivity contribution in [2.45, 2.75) is 6.92 Å². The summed E-state index contributed by atoms with van der Waals surface area (Å²) in [6.45, 7) is 1.69. The van der Waals surface area contributed by atoms with Gasteiger partial charge in [-0.3, -0.25) is 0 Å². The third-order valence-electron chi connectivity index (χ3n) is 1.53. The number of carbonyl (C=O) groups is 1. The minimum absolute atomic E-state index is 0.0440. The van der Waals surface area contributed by atoms with Crippen molar-refractivity contribution in [3.05, 3.63) is 11.3 Å². The quantitative estimate of drug-likeness (QED) is 0.342. The fourth-order valence-electron chi connectivity index (χ4n) is 0.600. The number of hydrogen-bond donors (Lipinski definition) is 0. The van der Waals surface area contributed by atoms with Gasteiger partial charge in [-0.15, -0.1) is 0 Å². The van der Waals surface area contributed by atoms with Crippen molar-refractivity contribution in [1.29, 1.82) is 5.26 Å². The van der Waals surface area contributed by atoms with Crippen molar-refractivity contribution < 1.29 is 9.53 Å². The van der Waals surface area contributed by atoms with Gasteiger partial charge in [-0.1, -0.05) is 0 Å². The van der Waals surface area contributed by atoms with Gasteiger partial charge in [0.15, 0.2) is 5.57 Å². The molecule has 0 aromatic rings. The van der Waals surface area contributed by atoms with Gasteiger partial charge >= 0.3 is 5.97 Å². The van der Waals surface area contributed by atoms with Crippen LogP contribution in [0.3, 0.4) is 0 Å². The zero-order valence-corrected chi connectivity index (χ0v) is 7.71. The lowest BCUT2D eigenvalue weighted by Crippen LogP contribution is -2.15. The Bertz CT molecular complexity index is 248. The van der Waals surface area contributed by atoms with E-state index in [1.165, 1.54) is 7.11 Å². The van der Waals surface area contributed by atoms with Crippen molar-refractivity contribution in [3.63, 3.8) is 0 Å². The molecule has 0 unspecified atom stereocenters. The molecule has 0 radical (unpaired) electrons. The summed E-state index contributed by atoms with van der Waals surface area (Å²) in [4.78, 5) is 12.6. The van der Waals surface area contributed by atoms with E-state index in [1.807, 2.05) is 0 Å². The summed E-state index contributed by atoms with van der Waals surface area (Å²) in [5.41, 5.74) is 0.645. The average molecular weight is 168 g/mol. The van der Waals surface area contributed by atoms with Gasteiger partial charge in [0.2, 0.25) is 0 Å². The fourth-order valence-corrected chi connectivity index (χ4v) is 0.600. The van der Waals surface area contributed by atoms with Crippen molar-refractivity contribution in [3.8, 4) is 6.07 Å². The number of hydrogen-bond acceptors (Lipinski definition) is 4. The van der Waals surface area contributed by atoms with Gasteiger partial charge in [0, 0.05) is 19.8 Å².